The van der Waals surface area contributed by atoms with Crippen LogP contribution in [0.5, 0.6) is 0 Å². The van der Waals surface area contributed by atoms with Gasteiger partial charge in [-0.05, 0) is 37.3 Å². The van der Waals surface area contributed by atoms with Gasteiger partial charge in [0.15, 0.2) is 0 Å². The second-order valence-corrected chi connectivity index (χ2v) is 6.49. The Balaban J connectivity index is 1.52. The van der Waals surface area contributed by atoms with E-state index in [1.54, 1.807) is 0 Å². The first-order chi connectivity index (χ1) is 10.5. The van der Waals surface area contributed by atoms with E-state index in [2.05, 4.69) is 23.2 Å². The first kappa shape index (κ1) is 15.1. The van der Waals surface area contributed by atoms with Crippen LogP contribution >= 0.6 is 0 Å². The maximum atomic E-state index is 11.5. The number of amides is 3. The standard InChI is InChI=1S/C16H23N3O3/c1-10-8-13(10)14-5-4-12(22-14)9-19(11-2-3-11)7-6-15(20)18-16(17)21/h4-5,10-11,13H,2-3,6-9H2,1H3,(H3,17,18,20,21)/t10-,13+/m1/s1. The van der Waals surface area contributed by atoms with E-state index in [0.717, 1.165) is 36.8 Å². The number of nitrogens with one attached hydrogen (secondary N) is 1. The van der Waals surface area contributed by atoms with Crippen molar-refractivity contribution in [1.82, 2.24) is 10.2 Å². The van der Waals surface area contributed by atoms with Gasteiger partial charge in [-0.3, -0.25) is 15.0 Å². The average Bonchev–Trinajstić information content (AvgIpc) is 3.36. The molecule has 3 N–H and O–H groups in total. The van der Waals surface area contributed by atoms with Gasteiger partial charge in [-0.2, -0.15) is 0 Å². The van der Waals surface area contributed by atoms with Crippen LogP contribution in [0, 0.1) is 5.92 Å². The summed E-state index contributed by atoms with van der Waals surface area (Å²) in [5.41, 5.74) is 4.94. The lowest BCUT2D eigenvalue weighted by Gasteiger charge is -2.20. The van der Waals surface area contributed by atoms with E-state index in [9.17, 15) is 9.59 Å². The van der Waals surface area contributed by atoms with Gasteiger partial charge in [0, 0.05) is 24.9 Å². The molecule has 22 heavy (non-hydrogen) atoms. The summed E-state index contributed by atoms with van der Waals surface area (Å²) in [4.78, 5) is 24.4. The van der Waals surface area contributed by atoms with E-state index in [1.165, 1.54) is 6.42 Å². The largest absolute Gasteiger partial charge is 0.464 e. The summed E-state index contributed by atoms with van der Waals surface area (Å²) in [6, 6.07) is 3.85. The average molecular weight is 305 g/mol. The SMILES string of the molecule is C[C@@H]1C[C@@H]1c1ccc(CN(CCC(=O)NC(N)=O)C2CC2)o1. The quantitative estimate of drug-likeness (QED) is 0.806. The zero-order valence-electron chi connectivity index (χ0n) is 12.9. The molecule has 1 heterocycles. The molecule has 0 spiro atoms. The van der Waals surface area contributed by atoms with Crippen molar-refractivity contribution < 1.29 is 14.0 Å². The molecule has 2 fully saturated rings. The van der Waals surface area contributed by atoms with E-state index >= 15 is 0 Å². The van der Waals surface area contributed by atoms with E-state index in [1.807, 2.05) is 6.07 Å². The number of rotatable bonds is 7. The lowest BCUT2D eigenvalue weighted by Crippen LogP contribution is -2.37. The van der Waals surface area contributed by atoms with Crippen LogP contribution in [0.4, 0.5) is 4.79 Å². The van der Waals surface area contributed by atoms with Crippen molar-refractivity contribution in [3.63, 3.8) is 0 Å². The molecule has 0 bridgehead atoms. The van der Waals surface area contributed by atoms with Gasteiger partial charge in [0.25, 0.3) is 0 Å². The zero-order chi connectivity index (χ0) is 15.7. The van der Waals surface area contributed by atoms with Crippen LogP contribution in [-0.4, -0.2) is 29.4 Å². The second-order valence-electron chi connectivity index (χ2n) is 6.49. The number of carbonyl (C=O) groups excluding carboxylic acids is 2. The number of urea groups is 1. The molecule has 0 aliphatic heterocycles. The third-order valence-corrected chi connectivity index (χ3v) is 4.47. The van der Waals surface area contributed by atoms with Gasteiger partial charge in [-0.25, -0.2) is 4.79 Å². The Morgan fingerprint density at radius 3 is 2.73 bits per heavy atom. The summed E-state index contributed by atoms with van der Waals surface area (Å²) < 4.78 is 5.94. The normalized spacial score (nSPS) is 23.5. The number of hydrogen-bond acceptors (Lipinski definition) is 4. The van der Waals surface area contributed by atoms with E-state index in [4.69, 9.17) is 10.2 Å². The molecule has 0 aromatic carbocycles. The van der Waals surface area contributed by atoms with Crippen LogP contribution in [0.25, 0.3) is 0 Å². The van der Waals surface area contributed by atoms with Crippen LogP contribution in [0.2, 0.25) is 0 Å². The van der Waals surface area contributed by atoms with Crippen molar-refractivity contribution in [1.29, 1.82) is 0 Å². The molecule has 2 atom stereocenters. The minimum absolute atomic E-state index is 0.271. The smallest absolute Gasteiger partial charge is 0.318 e. The summed E-state index contributed by atoms with van der Waals surface area (Å²) in [7, 11) is 0. The highest BCUT2D eigenvalue weighted by atomic mass is 16.3. The number of nitrogens with two attached hydrogens (primary N) is 1. The Morgan fingerprint density at radius 1 is 1.41 bits per heavy atom. The van der Waals surface area contributed by atoms with Crippen molar-refractivity contribution in [3.05, 3.63) is 23.7 Å². The number of primary amides is 1. The van der Waals surface area contributed by atoms with Crippen molar-refractivity contribution in [2.24, 2.45) is 11.7 Å². The van der Waals surface area contributed by atoms with Crippen molar-refractivity contribution in [2.75, 3.05) is 6.54 Å². The maximum absolute atomic E-state index is 11.5. The summed E-state index contributed by atoms with van der Waals surface area (Å²) in [6.45, 7) is 3.57. The lowest BCUT2D eigenvalue weighted by molar-refractivity contribution is -0.120. The van der Waals surface area contributed by atoms with Gasteiger partial charge < -0.3 is 10.2 Å². The van der Waals surface area contributed by atoms with Gasteiger partial charge in [0.2, 0.25) is 5.91 Å². The minimum atomic E-state index is -0.794. The van der Waals surface area contributed by atoms with Crippen molar-refractivity contribution in [2.45, 2.75) is 51.1 Å². The van der Waals surface area contributed by atoms with Gasteiger partial charge in [0.05, 0.1) is 6.54 Å². The highest BCUT2D eigenvalue weighted by Gasteiger charge is 2.37. The highest BCUT2D eigenvalue weighted by molar-refractivity contribution is 5.93. The molecule has 6 heteroatoms. The minimum Gasteiger partial charge on any atom is -0.464 e. The molecule has 0 unspecified atom stereocenters. The Kier molecular flexibility index (Phi) is 4.20. The van der Waals surface area contributed by atoms with Gasteiger partial charge in [-0.1, -0.05) is 6.92 Å². The molecule has 2 aliphatic carbocycles. The van der Waals surface area contributed by atoms with Gasteiger partial charge in [0.1, 0.15) is 11.5 Å². The molecule has 3 rings (SSSR count). The third kappa shape index (κ3) is 3.88. The van der Waals surface area contributed by atoms with Crippen LogP contribution in [0.3, 0.4) is 0 Å². The fourth-order valence-corrected chi connectivity index (χ4v) is 2.87. The molecular weight excluding hydrogens is 282 g/mol. The molecule has 3 amide bonds. The molecule has 1 aromatic rings. The molecule has 0 saturated heterocycles. The predicted octanol–water partition coefficient (Wildman–Crippen LogP) is 1.95. The molecular formula is C16H23N3O3. The molecule has 2 aliphatic rings. The number of furan rings is 1. The fraction of sp³-hybridized carbons (Fsp3) is 0.625. The number of carbonyl (C=O) groups is 2. The van der Waals surface area contributed by atoms with Crippen molar-refractivity contribution >= 4 is 11.9 Å². The summed E-state index contributed by atoms with van der Waals surface area (Å²) >= 11 is 0. The third-order valence-electron chi connectivity index (χ3n) is 4.47. The molecule has 0 radical (unpaired) electrons. The molecule has 120 valence electrons. The number of hydrogen-bond donors (Lipinski definition) is 2. The van der Waals surface area contributed by atoms with E-state index < -0.39 is 6.03 Å². The van der Waals surface area contributed by atoms with E-state index in [-0.39, 0.29) is 12.3 Å². The predicted molar refractivity (Wildman–Crippen MR) is 81.0 cm³/mol. The van der Waals surface area contributed by atoms with E-state index in [0.29, 0.717) is 18.5 Å². The molecule has 6 nitrogen and oxygen atoms in total. The fourth-order valence-electron chi connectivity index (χ4n) is 2.87. The summed E-state index contributed by atoms with van der Waals surface area (Å²) in [5, 5.41) is 2.10. The van der Waals surface area contributed by atoms with Crippen LogP contribution in [-0.2, 0) is 11.3 Å². The summed E-state index contributed by atoms with van der Waals surface area (Å²) in [5.74, 6) is 3.03. The van der Waals surface area contributed by atoms with Crippen LogP contribution in [0.1, 0.15) is 50.0 Å². The van der Waals surface area contributed by atoms with Gasteiger partial charge >= 0.3 is 6.03 Å². The van der Waals surface area contributed by atoms with Crippen LogP contribution < -0.4 is 11.1 Å². The zero-order valence-corrected chi connectivity index (χ0v) is 12.9. The van der Waals surface area contributed by atoms with Crippen molar-refractivity contribution in [3.8, 4) is 0 Å². The van der Waals surface area contributed by atoms with Crippen LogP contribution in [0.15, 0.2) is 16.5 Å². The number of imide groups is 1. The Bertz CT molecular complexity index is 565. The Hall–Kier alpha value is -1.82. The maximum Gasteiger partial charge on any atom is 0.318 e. The number of nitrogens with zero attached hydrogens (tertiary/aromatic N) is 1. The first-order valence-electron chi connectivity index (χ1n) is 7.95. The van der Waals surface area contributed by atoms with Gasteiger partial charge in [-0.15, -0.1) is 0 Å². The monoisotopic (exact) mass is 305 g/mol. The highest BCUT2D eigenvalue weighted by Crippen LogP contribution is 2.47. The molecule has 2 saturated carbocycles. The summed E-state index contributed by atoms with van der Waals surface area (Å²) in [6.07, 6.45) is 3.80. The molecule has 1 aromatic heterocycles. The first-order valence-corrected chi connectivity index (χ1v) is 7.95. The Labute approximate surface area is 130 Å². The second kappa shape index (κ2) is 6.12. The lowest BCUT2D eigenvalue weighted by atomic mass is 10.3. The topological polar surface area (TPSA) is 88.6 Å². The Morgan fingerprint density at radius 2 is 2.14 bits per heavy atom.